The van der Waals surface area contributed by atoms with Gasteiger partial charge in [0.15, 0.2) is 4.80 Å². The summed E-state index contributed by atoms with van der Waals surface area (Å²) < 4.78 is 18.5. The standard InChI is InChI=1S/C28H22Cl2N2O5S/c1-4-36-27(34)23-15(2)31-28-32(25(23)16-8-10-17(35-3)11-9-16)26(33)22(38-28)14-18-12-13-21(37-18)19-6-5-7-20(29)24(19)30/h5-14,25H,4H2,1-3H3/b22-14+/t25-/m0/s1. The smallest absolute Gasteiger partial charge is 0.338 e. The maximum atomic E-state index is 13.7. The molecule has 3 heterocycles. The van der Waals surface area contributed by atoms with Gasteiger partial charge in [0, 0.05) is 11.6 Å². The molecule has 0 fully saturated rings. The second-order valence-electron chi connectivity index (χ2n) is 8.38. The van der Waals surface area contributed by atoms with Crippen molar-refractivity contribution in [1.82, 2.24) is 4.57 Å². The fraction of sp³-hybridized carbons (Fsp3) is 0.179. The van der Waals surface area contributed by atoms with Gasteiger partial charge in [-0.05, 0) is 55.8 Å². The summed E-state index contributed by atoms with van der Waals surface area (Å²) in [7, 11) is 1.58. The maximum Gasteiger partial charge on any atom is 0.338 e. The lowest BCUT2D eigenvalue weighted by Crippen LogP contribution is -2.39. The van der Waals surface area contributed by atoms with Crippen LogP contribution in [0.3, 0.4) is 0 Å². The number of rotatable bonds is 6. The number of ether oxygens (including phenoxy) is 2. The molecular weight excluding hydrogens is 547 g/mol. The minimum absolute atomic E-state index is 0.201. The number of carbonyl (C=O) groups excluding carboxylic acids is 1. The summed E-state index contributed by atoms with van der Waals surface area (Å²) in [4.78, 5) is 31.8. The van der Waals surface area contributed by atoms with E-state index in [9.17, 15) is 9.59 Å². The third-order valence-electron chi connectivity index (χ3n) is 6.07. The van der Waals surface area contributed by atoms with Crippen LogP contribution in [0.2, 0.25) is 10.0 Å². The second-order valence-corrected chi connectivity index (χ2v) is 10.2. The largest absolute Gasteiger partial charge is 0.497 e. The van der Waals surface area contributed by atoms with Crippen LogP contribution >= 0.6 is 34.5 Å². The summed E-state index contributed by atoms with van der Waals surface area (Å²) in [5.41, 5.74) is 1.88. The van der Waals surface area contributed by atoms with Gasteiger partial charge in [-0.3, -0.25) is 9.36 Å². The normalized spacial score (nSPS) is 15.3. The molecule has 0 N–H and O–H groups in total. The number of hydrogen-bond donors (Lipinski definition) is 0. The van der Waals surface area contributed by atoms with E-state index in [0.717, 1.165) is 5.56 Å². The molecular formula is C28H22Cl2N2O5S. The number of fused-ring (bicyclic) bond motifs is 1. The van der Waals surface area contributed by atoms with Gasteiger partial charge in [0.2, 0.25) is 0 Å². The molecule has 7 nitrogen and oxygen atoms in total. The minimum Gasteiger partial charge on any atom is -0.497 e. The summed E-state index contributed by atoms with van der Waals surface area (Å²) in [5, 5.41) is 0.803. The highest BCUT2D eigenvalue weighted by Crippen LogP contribution is 2.35. The van der Waals surface area contributed by atoms with Crippen molar-refractivity contribution in [2.45, 2.75) is 19.9 Å². The molecule has 0 aliphatic carbocycles. The number of allylic oxidation sites excluding steroid dienone is 1. The first-order valence-electron chi connectivity index (χ1n) is 11.7. The fourth-order valence-corrected chi connectivity index (χ4v) is 5.71. The zero-order valence-corrected chi connectivity index (χ0v) is 23.0. The molecule has 0 bridgehead atoms. The van der Waals surface area contributed by atoms with E-state index >= 15 is 0 Å². The molecule has 0 saturated carbocycles. The van der Waals surface area contributed by atoms with Crippen molar-refractivity contribution in [2.24, 2.45) is 4.99 Å². The van der Waals surface area contributed by atoms with Gasteiger partial charge in [0.1, 0.15) is 17.3 Å². The van der Waals surface area contributed by atoms with E-state index in [-0.39, 0.29) is 12.2 Å². The van der Waals surface area contributed by atoms with Crippen molar-refractivity contribution in [3.8, 4) is 17.1 Å². The van der Waals surface area contributed by atoms with Gasteiger partial charge < -0.3 is 13.9 Å². The zero-order chi connectivity index (χ0) is 27.0. The van der Waals surface area contributed by atoms with Gasteiger partial charge in [0.05, 0.1) is 45.6 Å². The highest BCUT2D eigenvalue weighted by molar-refractivity contribution is 7.07. The van der Waals surface area contributed by atoms with Crippen molar-refractivity contribution < 1.29 is 18.7 Å². The number of halogens is 2. The van der Waals surface area contributed by atoms with Crippen molar-refractivity contribution in [3.05, 3.63) is 107 Å². The van der Waals surface area contributed by atoms with Crippen LogP contribution in [0.25, 0.3) is 17.4 Å². The van der Waals surface area contributed by atoms with Gasteiger partial charge in [-0.25, -0.2) is 9.79 Å². The van der Waals surface area contributed by atoms with Crippen LogP contribution in [0.1, 0.15) is 31.2 Å². The van der Waals surface area contributed by atoms with Gasteiger partial charge in [-0.2, -0.15) is 0 Å². The first-order valence-corrected chi connectivity index (χ1v) is 13.3. The molecule has 2 aromatic heterocycles. The minimum atomic E-state index is -0.712. The Morgan fingerprint density at radius 3 is 2.63 bits per heavy atom. The molecule has 1 atom stereocenters. The molecule has 1 aliphatic rings. The summed E-state index contributed by atoms with van der Waals surface area (Å²) in [6, 6.07) is 15.3. The topological polar surface area (TPSA) is 83.0 Å². The molecule has 1 aliphatic heterocycles. The Bertz CT molecular complexity index is 1750. The molecule has 10 heteroatoms. The average molecular weight is 569 g/mol. The molecule has 0 saturated heterocycles. The predicted octanol–water partition coefficient (Wildman–Crippen LogP) is 5.37. The van der Waals surface area contributed by atoms with E-state index in [1.165, 1.54) is 15.9 Å². The fourth-order valence-electron chi connectivity index (χ4n) is 4.29. The average Bonchev–Trinajstić information content (AvgIpc) is 3.49. The lowest BCUT2D eigenvalue weighted by atomic mass is 9.96. The quantitative estimate of drug-likeness (QED) is 0.292. The lowest BCUT2D eigenvalue weighted by molar-refractivity contribution is -0.139. The zero-order valence-electron chi connectivity index (χ0n) is 20.7. The van der Waals surface area contributed by atoms with Crippen LogP contribution in [-0.4, -0.2) is 24.3 Å². The Morgan fingerprint density at radius 1 is 1.16 bits per heavy atom. The number of carbonyl (C=O) groups is 1. The lowest BCUT2D eigenvalue weighted by Gasteiger charge is -2.24. The third-order valence-corrected chi connectivity index (χ3v) is 7.87. The van der Waals surface area contributed by atoms with Crippen LogP contribution in [0.15, 0.2) is 80.1 Å². The Hall–Kier alpha value is -3.59. The maximum absolute atomic E-state index is 13.7. The van der Waals surface area contributed by atoms with Gasteiger partial charge in [0.25, 0.3) is 5.56 Å². The number of benzene rings is 2. The molecule has 194 valence electrons. The van der Waals surface area contributed by atoms with Gasteiger partial charge in [-0.15, -0.1) is 0 Å². The first-order chi connectivity index (χ1) is 18.3. The molecule has 0 spiro atoms. The molecule has 2 aromatic carbocycles. The van der Waals surface area contributed by atoms with Crippen molar-refractivity contribution >= 4 is 46.6 Å². The number of furan rings is 1. The SMILES string of the molecule is CCOC(=O)C1=C(C)N=c2s/c(=C/c3ccc(-c4cccc(Cl)c4Cl)o3)c(=O)n2[C@H]1c1ccc(OC)cc1. The Kier molecular flexibility index (Phi) is 7.29. The van der Waals surface area contributed by atoms with E-state index in [1.54, 1.807) is 69.5 Å². The number of methoxy groups -OCH3 is 1. The van der Waals surface area contributed by atoms with Crippen molar-refractivity contribution in [2.75, 3.05) is 13.7 Å². The van der Waals surface area contributed by atoms with Crippen LogP contribution in [-0.2, 0) is 9.53 Å². The molecule has 38 heavy (non-hydrogen) atoms. The van der Waals surface area contributed by atoms with E-state index < -0.39 is 12.0 Å². The van der Waals surface area contributed by atoms with E-state index in [0.29, 0.717) is 53.5 Å². The number of esters is 1. The van der Waals surface area contributed by atoms with E-state index in [1.807, 2.05) is 12.1 Å². The Balaban J connectivity index is 1.64. The Labute approximate surface area is 231 Å². The summed E-state index contributed by atoms with van der Waals surface area (Å²) >= 11 is 13.7. The Morgan fingerprint density at radius 2 is 1.92 bits per heavy atom. The summed E-state index contributed by atoms with van der Waals surface area (Å²) in [6.07, 6.45) is 1.65. The first kappa shape index (κ1) is 26.0. The van der Waals surface area contributed by atoms with Crippen LogP contribution < -0.4 is 19.6 Å². The van der Waals surface area contributed by atoms with Gasteiger partial charge in [-0.1, -0.05) is 52.7 Å². The predicted molar refractivity (Wildman–Crippen MR) is 148 cm³/mol. The van der Waals surface area contributed by atoms with E-state index in [4.69, 9.17) is 37.1 Å². The number of aromatic nitrogens is 1. The molecule has 0 radical (unpaired) electrons. The number of hydrogen-bond acceptors (Lipinski definition) is 7. The summed E-state index contributed by atoms with van der Waals surface area (Å²) in [6.45, 7) is 3.68. The van der Waals surface area contributed by atoms with Crippen LogP contribution in [0, 0.1) is 0 Å². The van der Waals surface area contributed by atoms with Crippen LogP contribution in [0.5, 0.6) is 5.75 Å². The molecule has 0 unspecified atom stereocenters. The highest BCUT2D eigenvalue weighted by Gasteiger charge is 2.33. The molecule has 4 aromatic rings. The number of thiazole rings is 1. The van der Waals surface area contributed by atoms with Crippen molar-refractivity contribution in [1.29, 1.82) is 0 Å². The summed E-state index contributed by atoms with van der Waals surface area (Å²) in [5.74, 6) is 1.13. The van der Waals surface area contributed by atoms with Gasteiger partial charge >= 0.3 is 5.97 Å². The monoisotopic (exact) mass is 568 g/mol. The van der Waals surface area contributed by atoms with E-state index in [2.05, 4.69) is 4.99 Å². The second kappa shape index (κ2) is 10.6. The third kappa shape index (κ3) is 4.71. The highest BCUT2D eigenvalue weighted by atomic mass is 35.5. The molecule has 5 rings (SSSR count). The van der Waals surface area contributed by atoms with Crippen LogP contribution in [0.4, 0.5) is 0 Å². The van der Waals surface area contributed by atoms with Crippen molar-refractivity contribution in [3.63, 3.8) is 0 Å². The molecule has 0 amide bonds. The number of nitrogens with zero attached hydrogens (tertiary/aromatic N) is 2.